The standard InChI is InChI=1S/C23H17ClN2O4/c1-30-17-10-8-16(9-11-17)26-20(18-7-2-3-12-25-18)19(22(28)23(26)29)21(27)14-5-4-6-15(24)13-14/h2-13,20,27H,1H3/b21-19-. The number of pyridine rings is 1. The highest BCUT2D eigenvalue weighted by atomic mass is 35.5. The predicted octanol–water partition coefficient (Wildman–Crippen LogP) is 4.37. The quantitative estimate of drug-likeness (QED) is 0.385. The molecule has 3 aromatic rings. The number of carbonyl (C=O) groups excluding carboxylic acids is 2. The largest absolute Gasteiger partial charge is 0.507 e. The third-order valence-corrected chi connectivity index (χ3v) is 5.10. The molecular formula is C23H17ClN2O4. The van der Waals surface area contributed by atoms with Crippen molar-refractivity contribution in [3.63, 3.8) is 0 Å². The van der Waals surface area contributed by atoms with Crippen LogP contribution in [0, 0.1) is 0 Å². The Labute approximate surface area is 178 Å². The lowest BCUT2D eigenvalue weighted by molar-refractivity contribution is -0.132. The van der Waals surface area contributed by atoms with Crippen molar-refractivity contribution in [2.45, 2.75) is 6.04 Å². The van der Waals surface area contributed by atoms with Gasteiger partial charge in [-0.05, 0) is 48.5 Å². The molecule has 1 aliphatic rings. The Morgan fingerprint density at radius 2 is 1.83 bits per heavy atom. The SMILES string of the molecule is COc1ccc(N2C(=O)C(=O)/C(=C(\O)c3cccc(Cl)c3)C2c2ccccn2)cc1. The second-order valence-corrected chi connectivity index (χ2v) is 7.07. The maximum atomic E-state index is 13.0. The summed E-state index contributed by atoms with van der Waals surface area (Å²) < 4.78 is 5.18. The van der Waals surface area contributed by atoms with E-state index in [0.29, 0.717) is 27.7 Å². The molecule has 0 radical (unpaired) electrons. The number of methoxy groups -OCH3 is 1. The van der Waals surface area contributed by atoms with Gasteiger partial charge in [0.2, 0.25) is 0 Å². The molecule has 4 rings (SSSR count). The van der Waals surface area contributed by atoms with Crippen LogP contribution in [0.4, 0.5) is 5.69 Å². The van der Waals surface area contributed by atoms with E-state index < -0.39 is 17.7 Å². The van der Waals surface area contributed by atoms with Crippen LogP contribution in [0.2, 0.25) is 5.02 Å². The van der Waals surface area contributed by atoms with Crippen LogP contribution in [-0.2, 0) is 9.59 Å². The van der Waals surface area contributed by atoms with Crippen LogP contribution in [0.3, 0.4) is 0 Å². The molecule has 0 aliphatic carbocycles. The summed E-state index contributed by atoms with van der Waals surface area (Å²) in [6.45, 7) is 0. The van der Waals surface area contributed by atoms with Crippen molar-refractivity contribution in [2.75, 3.05) is 12.0 Å². The smallest absolute Gasteiger partial charge is 0.300 e. The second kappa shape index (κ2) is 8.00. The van der Waals surface area contributed by atoms with E-state index in [2.05, 4.69) is 4.98 Å². The number of amides is 1. The van der Waals surface area contributed by atoms with E-state index in [4.69, 9.17) is 16.3 Å². The molecular weight excluding hydrogens is 404 g/mol. The maximum absolute atomic E-state index is 13.0. The van der Waals surface area contributed by atoms with Crippen LogP contribution in [0.25, 0.3) is 5.76 Å². The second-order valence-electron chi connectivity index (χ2n) is 6.63. The zero-order valence-corrected chi connectivity index (χ0v) is 16.7. The highest BCUT2D eigenvalue weighted by Crippen LogP contribution is 2.41. The lowest BCUT2D eigenvalue weighted by Gasteiger charge is -2.24. The van der Waals surface area contributed by atoms with Gasteiger partial charge in [0, 0.05) is 22.5 Å². The highest BCUT2D eigenvalue weighted by Gasteiger charge is 2.47. The van der Waals surface area contributed by atoms with Crippen molar-refractivity contribution in [2.24, 2.45) is 0 Å². The number of aliphatic hydroxyl groups excluding tert-OH is 1. The topological polar surface area (TPSA) is 79.7 Å². The molecule has 30 heavy (non-hydrogen) atoms. The molecule has 2 heterocycles. The first-order valence-corrected chi connectivity index (χ1v) is 9.51. The minimum atomic E-state index is -0.890. The van der Waals surface area contributed by atoms with Gasteiger partial charge in [-0.1, -0.05) is 29.8 Å². The number of anilines is 1. The molecule has 0 spiro atoms. The van der Waals surface area contributed by atoms with E-state index >= 15 is 0 Å². The fourth-order valence-corrected chi connectivity index (χ4v) is 3.64. The van der Waals surface area contributed by atoms with E-state index in [1.54, 1.807) is 74.0 Å². The summed E-state index contributed by atoms with van der Waals surface area (Å²) in [4.78, 5) is 31.7. The summed E-state index contributed by atoms with van der Waals surface area (Å²) in [7, 11) is 1.54. The molecule has 1 aromatic heterocycles. The van der Waals surface area contributed by atoms with Gasteiger partial charge in [0.1, 0.15) is 17.6 Å². The summed E-state index contributed by atoms with van der Waals surface area (Å²) in [6.07, 6.45) is 1.57. The van der Waals surface area contributed by atoms with E-state index in [1.807, 2.05) is 0 Å². The van der Waals surface area contributed by atoms with E-state index in [9.17, 15) is 14.7 Å². The van der Waals surface area contributed by atoms with Gasteiger partial charge >= 0.3 is 0 Å². The lowest BCUT2D eigenvalue weighted by atomic mass is 9.98. The number of benzene rings is 2. The molecule has 0 bridgehead atoms. The average molecular weight is 421 g/mol. The Kier molecular flexibility index (Phi) is 5.25. The number of carbonyl (C=O) groups is 2. The Hall–Kier alpha value is -3.64. The van der Waals surface area contributed by atoms with Crippen LogP contribution in [0.1, 0.15) is 17.3 Å². The highest BCUT2D eigenvalue weighted by molar-refractivity contribution is 6.51. The Balaban J connectivity index is 1.92. The molecule has 7 heteroatoms. The first-order chi connectivity index (χ1) is 14.5. The summed E-state index contributed by atoms with van der Waals surface area (Å²) in [6, 6.07) is 17.5. The number of ketones is 1. The number of ether oxygens (including phenoxy) is 1. The van der Waals surface area contributed by atoms with Crippen molar-refractivity contribution in [1.29, 1.82) is 0 Å². The van der Waals surface area contributed by atoms with Gasteiger partial charge in [0.15, 0.2) is 0 Å². The van der Waals surface area contributed by atoms with Gasteiger partial charge in [0.25, 0.3) is 11.7 Å². The molecule has 1 saturated heterocycles. The van der Waals surface area contributed by atoms with E-state index in [-0.39, 0.29) is 11.3 Å². The number of aromatic nitrogens is 1. The third kappa shape index (κ3) is 3.42. The Morgan fingerprint density at radius 3 is 2.47 bits per heavy atom. The van der Waals surface area contributed by atoms with E-state index in [0.717, 1.165) is 0 Å². The van der Waals surface area contributed by atoms with Gasteiger partial charge in [-0.3, -0.25) is 19.5 Å². The van der Waals surface area contributed by atoms with Gasteiger partial charge in [-0.15, -0.1) is 0 Å². The first kappa shape index (κ1) is 19.7. The van der Waals surface area contributed by atoms with Crippen LogP contribution in [-0.4, -0.2) is 28.9 Å². The minimum Gasteiger partial charge on any atom is -0.507 e. The van der Waals surface area contributed by atoms with Crippen molar-refractivity contribution in [1.82, 2.24) is 4.98 Å². The first-order valence-electron chi connectivity index (χ1n) is 9.13. The molecule has 2 aromatic carbocycles. The average Bonchev–Trinajstić information content (AvgIpc) is 3.04. The fourth-order valence-electron chi connectivity index (χ4n) is 3.45. The predicted molar refractivity (Wildman–Crippen MR) is 113 cm³/mol. The third-order valence-electron chi connectivity index (χ3n) is 4.86. The maximum Gasteiger partial charge on any atom is 0.300 e. The molecule has 1 amide bonds. The molecule has 1 atom stereocenters. The van der Waals surface area contributed by atoms with Gasteiger partial charge < -0.3 is 9.84 Å². The van der Waals surface area contributed by atoms with Crippen LogP contribution in [0.15, 0.2) is 78.5 Å². The zero-order valence-electron chi connectivity index (χ0n) is 15.9. The number of hydrogen-bond donors (Lipinski definition) is 1. The Morgan fingerprint density at radius 1 is 1.07 bits per heavy atom. The lowest BCUT2D eigenvalue weighted by Crippen LogP contribution is -2.29. The van der Waals surface area contributed by atoms with Crippen LogP contribution in [0.5, 0.6) is 5.75 Å². The molecule has 1 unspecified atom stereocenters. The summed E-state index contributed by atoms with van der Waals surface area (Å²) in [5.41, 5.74) is 1.24. The number of rotatable bonds is 4. The monoisotopic (exact) mass is 420 g/mol. The van der Waals surface area contributed by atoms with Crippen LogP contribution < -0.4 is 9.64 Å². The summed E-state index contributed by atoms with van der Waals surface area (Å²) >= 11 is 6.05. The molecule has 1 fully saturated rings. The molecule has 1 N–H and O–H groups in total. The van der Waals surface area contributed by atoms with Crippen LogP contribution >= 0.6 is 11.6 Å². The molecule has 0 saturated carbocycles. The van der Waals surface area contributed by atoms with Gasteiger partial charge in [-0.25, -0.2) is 0 Å². The van der Waals surface area contributed by atoms with Crippen molar-refractivity contribution < 1.29 is 19.4 Å². The number of nitrogens with zero attached hydrogens (tertiary/aromatic N) is 2. The van der Waals surface area contributed by atoms with Gasteiger partial charge in [0.05, 0.1) is 18.4 Å². The minimum absolute atomic E-state index is 0.0446. The van der Waals surface area contributed by atoms with Gasteiger partial charge in [-0.2, -0.15) is 0 Å². The number of halogens is 1. The van der Waals surface area contributed by atoms with Crippen molar-refractivity contribution in [3.05, 3.63) is 94.8 Å². The van der Waals surface area contributed by atoms with Crippen molar-refractivity contribution >= 4 is 34.7 Å². The zero-order chi connectivity index (χ0) is 21.3. The fraction of sp³-hybridized carbons (Fsp3) is 0.0870. The Bertz CT molecular complexity index is 1140. The normalized spacial score (nSPS) is 17.9. The number of hydrogen-bond acceptors (Lipinski definition) is 5. The number of aliphatic hydroxyl groups is 1. The van der Waals surface area contributed by atoms with E-state index in [1.165, 1.54) is 11.0 Å². The van der Waals surface area contributed by atoms with Crippen molar-refractivity contribution in [3.8, 4) is 5.75 Å². The molecule has 150 valence electrons. The number of Topliss-reactive ketones (excluding diaryl/α,β-unsaturated/α-hetero) is 1. The summed E-state index contributed by atoms with van der Waals surface area (Å²) in [5.74, 6) is -1.23. The summed E-state index contributed by atoms with van der Waals surface area (Å²) in [5, 5.41) is 11.4. The molecule has 6 nitrogen and oxygen atoms in total. The molecule has 1 aliphatic heterocycles.